The van der Waals surface area contributed by atoms with Crippen LogP contribution in [0, 0.1) is 5.92 Å². The number of hydrogen-bond acceptors (Lipinski definition) is 7. The second kappa shape index (κ2) is 11.7. The predicted octanol–water partition coefficient (Wildman–Crippen LogP) is 5.07. The van der Waals surface area contributed by atoms with E-state index in [-0.39, 0.29) is 11.5 Å². The van der Waals surface area contributed by atoms with E-state index in [1.807, 2.05) is 16.7 Å². The lowest BCUT2D eigenvalue weighted by Crippen LogP contribution is -2.13. The molecule has 0 unspecified atom stereocenters. The van der Waals surface area contributed by atoms with E-state index in [2.05, 4.69) is 43.1 Å². The Morgan fingerprint density at radius 1 is 1.03 bits per heavy atom. The van der Waals surface area contributed by atoms with E-state index in [1.165, 1.54) is 17.3 Å². The fourth-order valence-corrected chi connectivity index (χ4v) is 4.14. The van der Waals surface area contributed by atoms with E-state index in [1.54, 1.807) is 32.4 Å². The van der Waals surface area contributed by atoms with Crippen LogP contribution in [-0.4, -0.2) is 40.5 Å². The molecule has 8 heteroatoms. The Labute approximate surface area is 199 Å². The molecule has 0 saturated heterocycles. The molecule has 0 amide bonds. The van der Waals surface area contributed by atoms with Crippen LogP contribution in [0.25, 0.3) is 0 Å². The predicted molar refractivity (Wildman–Crippen MR) is 130 cm³/mol. The molecule has 0 aliphatic carbocycles. The van der Waals surface area contributed by atoms with Crippen molar-refractivity contribution >= 4 is 17.5 Å². The number of aromatic nitrogens is 3. The van der Waals surface area contributed by atoms with Crippen molar-refractivity contribution in [3.05, 3.63) is 59.4 Å². The van der Waals surface area contributed by atoms with E-state index < -0.39 is 0 Å². The topological polar surface area (TPSA) is 75.5 Å². The van der Waals surface area contributed by atoms with Crippen molar-refractivity contribution in [3.63, 3.8) is 0 Å². The van der Waals surface area contributed by atoms with Gasteiger partial charge in [-0.15, -0.1) is 10.2 Å². The van der Waals surface area contributed by atoms with Gasteiger partial charge in [0.2, 0.25) is 0 Å². The smallest absolute Gasteiger partial charge is 0.191 e. The van der Waals surface area contributed by atoms with Crippen LogP contribution in [0.1, 0.15) is 42.5 Å². The average molecular weight is 470 g/mol. The first kappa shape index (κ1) is 24.6. The van der Waals surface area contributed by atoms with Gasteiger partial charge in [-0.2, -0.15) is 0 Å². The molecule has 0 fully saturated rings. The molecule has 0 bridgehead atoms. The third kappa shape index (κ3) is 6.51. The van der Waals surface area contributed by atoms with E-state index in [0.29, 0.717) is 34.7 Å². The summed E-state index contributed by atoms with van der Waals surface area (Å²) in [6.45, 7) is 7.44. The Bertz CT molecular complexity index is 1060. The van der Waals surface area contributed by atoms with Crippen LogP contribution in [0.4, 0.5) is 0 Å². The van der Waals surface area contributed by atoms with Crippen molar-refractivity contribution in [2.75, 3.05) is 20.0 Å². The third-order valence-electron chi connectivity index (χ3n) is 5.08. The highest BCUT2D eigenvalue weighted by atomic mass is 32.2. The summed E-state index contributed by atoms with van der Waals surface area (Å²) in [6.07, 6.45) is 0.990. The Kier molecular flexibility index (Phi) is 8.77. The van der Waals surface area contributed by atoms with Crippen molar-refractivity contribution in [1.82, 2.24) is 14.8 Å². The molecule has 3 aromatic rings. The number of rotatable bonds is 12. The van der Waals surface area contributed by atoms with Gasteiger partial charge in [0.15, 0.2) is 16.8 Å². The third-order valence-corrected chi connectivity index (χ3v) is 6.05. The maximum atomic E-state index is 12.9. The molecule has 3 rings (SSSR count). The molecule has 1 aromatic heterocycles. The highest BCUT2D eigenvalue weighted by Crippen LogP contribution is 2.27. The average Bonchev–Trinajstić information content (AvgIpc) is 3.21. The first-order valence-electron chi connectivity index (χ1n) is 11.0. The number of ether oxygens (including phenoxy) is 3. The number of carbonyl (C=O) groups excluding carboxylic acids is 1. The summed E-state index contributed by atoms with van der Waals surface area (Å²) in [7, 11) is 3.12. The highest BCUT2D eigenvalue weighted by Gasteiger charge is 2.19. The zero-order chi connectivity index (χ0) is 23.8. The summed E-state index contributed by atoms with van der Waals surface area (Å²) in [5, 5.41) is 9.37. The molecule has 0 atom stereocenters. The molecule has 2 aromatic carbocycles. The zero-order valence-electron chi connectivity index (χ0n) is 19.8. The molecule has 0 saturated carbocycles. The summed E-state index contributed by atoms with van der Waals surface area (Å²) < 4.78 is 18.6. The first-order chi connectivity index (χ1) is 15.9. The van der Waals surface area contributed by atoms with Crippen molar-refractivity contribution < 1.29 is 19.0 Å². The van der Waals surface area contributed by atoms with Gasteiger partial charge in [-0.3, -0.25) is 4.79 Å². The lowest BCUT2D eigenvalue weighted by molar-refractivity contribution is 0.101. The van der Waals surface area contributed by atoms with Gasteiger partial charge < -0.3 is 18.8 Å². The van der Waals surface area contributed by atoms with Crippen LogP contribution in [0.2, 0.25) is 0 Å². The molecule has 0 aliphatic rings. The van der Waals surface area contributed by atoms with E-state index >= 15 is 0 Å². The number of methoxy groups -OCH3 is 2. The van der Waals surface area contributed by atoms with Crippen LogP contribution < -0.4 is 14.2 Å². The maximum Gasteiger partial charge on any atom is 0.191 e. The van der Waals surface area contributed by atoms with Gasteiger partial charge in [-0.1, -0.05) is 44.7 Å². The van der Waals surface area contributed by atoms with Gasteiger partial charge in [0.25, 0.3) is 0 Å². The van der Waals surface area contributed by atoms with Gasteiger partial charge >= 0.3 is 0 Å². The van der Waals surface area contributed by atoms with E-state index in [9.17, 15) is 4.79 Å². The normalized spacial score (nSPS) is 11.0. The number of thioether (sulfide) groups is 1. The van der Waals surface area contributed by atoms with Crippen molar-refractivity contribution in [3.8, 4) is 17.2 Å². The summed E-state index contributed by atoms with van der Waals surface area (Å²) >= 11 is 1.36. The maximum absolute atomic E-state index is 12.9. The second-order valence-electron chi connectivity index (χ2n) is 7.97. The molecule has 0 spiro atoms. The molecule has 33 heavy (non-hydrogen) atoms. The minimum Gasteiger partial charge on any atom is -0.497 e. The summed E-state index contributed by atoms with van der Waals surface area (Å²) in [4.78, 5) is 12.9. The van der Waals surface area contributed by atoms with Crippen molar-refractivity contribution in [1.29, 1.82) is 0 Å². The number of benzene rings is 2. The number of aryl methyl sites for hydroxylation is 1. The van der Waals surface area contributed by atoms with Crippen LogP contribution in [0.5, 0.6) is 17.2 Å². The van der Waals surface area contributed by atoms with Gasteiger partial charge in [0.05, 0.1) is 25.5 Å². The Balaban J connectivity index is 1.72. The number of Topliss-reactive ketones (excluding diaryl/α,β-unsaturated/α-hetero) is 1. The lowest BCUT2D eigenvalue weighted by Gasteiger charge is -2.13. The molecule has 0 radical (unpaired) electrons. The largest absolute Gasteiger partial charge is 0.497 e. The second-order valence-corrected chi connectivity index (χ2v) is 8.91. The number of carbonyl (C=O) groups is 1. The van der Waals surface area contributed by atoms with Crippen LogP contribution in [0.3, 0.4) is 0 Å². The molecular formula is C25H31N3O4S. The minimum absolute atomic E-state index is 0.0661. The highest BCUT2D eigenvalue weighted by molar-refractivity contribution is 7.99. The van der Waals surface area contributed by atoms with Gasteiger partial charge in [0, 0.05) is 6.54 Å². The molecule has 0 aliphatic heterocycles. The number of ketones is 1. The van der Waals surface area contributed by atoms with E-state index in [0.717, 1.165) is 24.5 Å². The molecule has 1 heterocycles. The lowest BCUT2D eigenvalue weighted by atomic mass is 10.1. The SMILES string of the molecule is CCc1ccc(OCc2nnc(SCC(=O)c3cc(OC)ccc3OC)n2CC(C)C)cc1. The van der Waals surface area contributed by atoms with E-state index in [4.69, 9.17) is 14.2 Å². The van der Waals surface area contributed by atoms with Crippen molar-refractivity contribution in [2.24, 2.45) is 5.92 Å². The van der Waals surface area contributed by atoms with Crippen LogP contribution >= 0.6 is 11.8 Å². The number of hydrogen-bond donors (Lipinski definition) is 0. The molecule has 0 N–H and O–H groups in total. The molecule has 176 valence electrons. The Hall–Kier alpha value is -3.00. The molecular weight excluding hydrogens is 438 g/mol. The van der Waals surface area contributed by atoms with Crippen LogP contribution in [-0.2, 0) is 19.6 Å². The Morgan fingerprint density at radius 2 is 1.76 bits per heavy atom. The summed E-state index contributed by atoms with van der Waals surface area (Å²) in [5.41, 5.74) is 1.75. The van der Waals surface area contributed by atoms with Crippen LogP contribution in [0.15, 0.2) is 47.6 Å². The number of nitrogens with zero attached hydrogens (tertiary/aromatic N) is 3. The molecule has 7 nitrogen and oxygen atoms in total. The van der Waals surface area contributed by atoms with Gasteiger partial charge in [0.1, 0.15) is 23.9 Å². The fourth-order valence-electron chi connectivity index (χ4n) is 3.29. The van der Waals surface area contributed by atoms with Gasteiger partial charge in [-0.05, 0) is 48.2 Å². The fraction of sp³-hybridized carbons (Fsp3) is 0.400. The standard InChI is InChI=1S/C25H31N3O4S/c1-6-18-7-9-19(10-8-18)32-15-24-26-27-25(28(24)14-17(2)3)33-16-22(29)21-13-20(30-4)11-12-23(21)31-5/h7-13,17H,6,14-16H2,1-5H3. The minimum atomic E-state index is -0.0661. The quantitative estimate of drug-likeness (QED) is 0.271. The van der Waals surface area contributed by atoms with Gasteiger partial charge in [-0.25, -0.2) is 0 Å². The first-order valence-corrected chi connectivity index (χ1v) is 12.0. The summed E-state index contributed by atoms with van der Waals surface area (Å²) in [6, 6.07) is 13.3. The summed E-state index contributed by atoms with van der Waals surface area (Å²) in [5.74, 6) is 3.18. The monoisotopic (exact) mass is 469 g/mol. The Morgan fingerprint density at radius 3 is 2.39 bits per heavy atom. The van der Waals surface area contributed by atoms with Crippen molar-refractivity contribution in [2.45, 2.75) is 45.5 Å². The zero-order valence-corrected chi connectivity index (χ0v) is 20.6.